The van der Waals surface area contributed by atoms with Gasteiger partial charge in [-0.1, -0.05) is 84.9 Å². The third kappa shape index (κ3) is 5.71. The van der Waals surface area contributed by atoms with Crippen LogP contribution in [0.15, 0.2) is 103 Å². The summed E-state index contributed by atoms with van der Waals surface area (Å²) in [5, 5.41) is 4.88. The molecule has 0 aromatic heterocycles. The summed E-state index contributed by atoms with van der Waals surface area (Å²) in [5.74, 6) is -1.13. The van der Waals surface area contributed by atoms with E-state index in [1.54, 1.807) is 36.4 Å². The number of ether oxygens (including phenoxy) is 1. The van der Waals surface area contributed by atoms with Crippen molar-refractivity contribution in [2.45, 2.75) is 12.5 Å². The summed E-state index contributed by atoms with van der Waals surface area (Å²) in [6.07, 6.45) is -0.0897. The van der Waals surface area contributed by atoms with Crippen molar-refractivity contribution in [3.05, 3.63) is 120 Å². The molecule has 0 spiro atoms. The second-order valence-corrected chi connectivity index (χ2v) is 7.65. The second-order valence-electron chi connectivity index (χ2n) is 7.65. The molecule has 1 amide bonds. The minimum atomic E-state index is -0.581. The van der Waals surface area contributed by atoms with E-state index >= 15 is 0 Å². The SMILES string of the molecule is O=C(CC(NC(=O)c1ccccc1)c1ccccc1)OCC(=O)c1ccc2ccccc2c1. The molecule has 0 bridgehead atoms. The molecule has 0 aliphatic carbocycles. The number of rotatable bonds is 8. The Labute approximate surface area is 192 Å². The van der Waals surface area contributed by atoms with Gasteiger partial charge < -0.3 is 10.1 Å². The summed E-state index contributed by atoms with van der Waals surface area (Å²) in [6, 6.07) is 30.6. The monoisotopic (exact) mass is 437 g/mol. The molecule has 0 radical (unpaired) electrons. The standard InChI is InChI=1S/C28H23NO4/c30-26(24-16-15-20-9-7-8-14-23(20)17-24)19-33-27(31)18-25(21-10-3-1-4-11-21)29-28(32)22-12-5-2-6-13-22/h1-17,25H,18-19H2,(H,29,32). The molecule has 0 heterocycles. The first-order valence-corrected chi connectivity index (χ1v) is 10.7. The number of benzene rings is 4. The topological polar surface area (TPSA) is 72.5 Å². The van der Waals surface area contributed by atoms with Crippen molar-refractivity contribution in [1.82, 2.24) is 5.32 Å². The summed E-state index contributed by atoms with van der Waals surface area (Å²) in [7, 11) is 0. The number of fused-ring (bicyclic) bond motifs is 1. The van der Waals surface area contributed by atoms with E-state index in [0.29, 0.717) is 11.1 Å². The minimum absolute atomic E-state index is 0.0897. The number of nitrogens with one attached hydrogen (secondary N) is 1. The van der Waals surface area contributed by atoms with Gasteiger partial charge in [0.05, 0.1) is 12.5 Å². The molecule has 5 heteroatoms. The lowest BCUT2D eigenvalue weighted by Crippen LogP contribution is -2.31. The van der Waals surface area contributed by atoms with Gasteiger partial charge in [-0.25, -0.2) is 0 Å². The average molecular weight is 437 g/mol. The Balaban J connectivity index is 1.40. The number of carbonyl (C=O) groups excluding carboxylic acids is 3. The number of esters is 1. The minimum Gasteiger partial charge on any atom is -0.457 e. The molecular formula is C28H23NO4. The van der Waals surface area contributed by atoms with E-state index in [-0.39, 0.29) is 24.7 Å². The maximum absolute atomic E-state index is 12.7. The van der Waals surface area contributed by atoms with E-state index in [1.165, 1.54) is 0 Å². The van der Waals surface area contributed by atoms with Crippen molar-refractivity contribution >= 4 is 28.4 Å². The highest BCUT2D eigenvalue weighted by Crippen LogP contribution is 2.19. The zero-order valence-corrected chi connectivity index (χ0v) is 17.9. The van der Waals surface area contributed by atoms with Crippen molar-refractivity contribution in [3.8, 4) is 0 Å². The predicted octanol–water partition coefficient (Wildman–Crippen LogP) is 5.13. The van der Waals surface area contributed by atoms with E-state index in [1.807, 2.05) is 66.7 Å². The first-order chi connectivity index (χ1) is 16.1. The number of Topliss-reactive ketones (excluding diaryl/α,β-unsaturated/α-hetero) is 1. The molecule has 0 saturated carbocycles. The lowest BCUT2D eigenvalue weighted by atomic mass is 10.0. The zero-order valence-electron chi connectivity index (χ0n) is 17.9. The Hall–Kier alpha value is -4.25. The molecule has 0 saturated heterocycles. The van der Waals surface area contributed by atoms with Crippen LogP contribution in [-0.4, -0.2) is 24.3 Å². The van der Waals surface area contributed by atoms with Crippen molar-refractivity contribution in [2.24, 2.45) is 0 Å². The number of hydrogen-bond donors (Lipinski definition) is 1. The molecular weight excluding hydrogens is 414 g/mol. The van der Waals surface area contributed by atoms with Crippen LogP contribution in [-0.2, 0) is 9.53 Å². The Morgan fingerprint density at radius 2 is 1.33 bits per heavy atom. The molecule has 1 unspecified atom stereocenters. The van der Waals surface area contributed by atoms with Crippen molar-refractivity contribution < 1.29 is 19.1 Å². The van der Waals surface area contributed by atoms with Gasteiger partial charge >= 0.3 is 5.97 Å². The number of ketones is 1. The summed E-state index contributed by atoms with van der Waals surface area (Å²) in [6.45, 7) is -0.356. The number of carbonyl (C=O) groups is 3. The molecule has 33 heavy (non-hydrogen) atoms. The predicted molar refractivity (Wildman–Crippen MR) is 127 cm³/mol. The van der Waals surface area contributed by atoms with Crippen LogP contribution in [0.1, 0.15) is 38.7 Å². The molecule has 4 aromatic rings. The van der Waals surface area contributed by atoms with E-state index in [9.17, 15) is 14.4 Å². The van der Waals surface area contributed by atoms with Gasteiger partial charge in [0, 0.05) is 11.1 Å². The van der Waals surface area contributed by atoms with E-state index in [2.05, 4.69) is 5.32 Å². The summed E-state index contributed by atoms with van der Waals surface area (Å²) in [4.78, 5) is 37.8. The molecule has 0 aliphatic rings. The Morgan fingerprint density at radius 3 is 2.06 bits per heavy atom. The number of amides is 1. The van der Waals surface area contributed by atoms with Gasteiger partial charge in [0.15, 0.2) is 12.4 Å². The molecule has 164 valence electrons. The van der Waals surface area contributed by atoms with Crippen LogP contribution in [0.4, 0.5) is 0 Å². The maximum atomic E-state index is 12.7. The molecule has 4 aromatic carbocycles. The summed E-state index contributed by atoms with van der Waals surface area (Å²) < 4.78 is 5.27. The fourth-order valence-electron chi connectivity index (χ4n) is 3.59. The molecule has 1 N–H and O–H groups in total. The van der Waals surface area contributed by atoms with Crippen molar-refractivity contribution in [2.75, 3.05) is 6.61 Å². The van der Waals surface area contributed by atoms with E-state index < -0.39 is 12.0 Å². The van der Waals surface area contributed by atoms with Gasteiger partial charge in [-0.2, -0.15) is 0 Å². The first kappa shape index (κ1) is 22.0. The highest BCUT2D eigenvalue weighted by Gasteiger charge is 2.21. The third-order valence-electron chi connectivity index (χ3n) is 5.35. The normalized spacial score (nSPS) is 11.5. The Bertz CT molecular complexity index is 1270. The van der Waals surface area contributed by atoms with Crippen LogP contribution >= 0.6 is 0 Å². The zero-order chi connectivity index (χ0) is 23.0. The first-order valence-electron chi connectivity index (χ1n) is 10.7. The van der Waals surface area contributed by atoms with Crippen LogP contribution in [0.5, 0.6) is 0 Å². The Morgan fingerprint density at radius 1 is 0.697 bits per heavy atom. The van der Waals surface area contributed by atoms with Crippen LogP contribution < -0.4 is 5.32 Å². The molecule has 0 aliphatic heterocycles. The van der Waals surface area contributed by atoms with Crippen molar-refractivity contribution in [1.29, 1.82) is 0 Å². The van der Waals surface area contributed by atoms with Gasteiger partial charge in [-0.3, -0.25) is 14.4 Å². The van der Waals surface area contributed by atoms with Gasteiger partial charge in [0.1, 0.15) is 0 Å². The number of hydrogen-bond acceptors (Lipinski definition) is 4. The van der Waals surface area contributed by atoms with Gasteiger partial charge in [0.25, 0.3) is 5.91 Å². The van der Waals surface area contributed by atoms with Gasteiger partial charge in [-0.05, 0) is 34.5 Å². The van der Waals surface area contributed by atoms with E-state index in [0.717, 1.165) is 16.3 Å². The van der Waals surface area contributed by atoms with Crippen LogP contribution in [0.3, 0.4) is 0 Å². The Kier molecular flexibility index (Phi) is 6.90. The fourth-order valence-corrected chi connectivity index (χ4v) is 3.59. The van der Waals surface area contributed by atoms with Crippen LogP contribution in [0, 0.1) is 0 Å². The van der Waals surface area contributed by atoms with Crippen LogP contribution in [0.2, 0.25) is 0 Å². The van der Waals surface area contributed by atoms with Gasteiger partial charge in [0.2, 0.25) is 0 Å². The smallest absolute Gasteiger partial charge is 0.308 e. The second kappa shape index (κ2) is 10.4. The van der Waals surface area contributed by atoms with Gasteiger partial charge in [-0.15, -0.1) is 0 Å². The molecule has 5 nitrogen and oxygen atoms in total. The lowest BCUT2D eigenvalue weighted by Gasteiger charge is -2.18. The van der Waals surface area contributed by atoms with Crippen LogP contribution in [0.25, 0.3) is 10.8 Å². The van der Waals surface area contributed by atoms with E-state index in [4.69, 9.17) is 4.74 Å². The summed E-state index contributed by atoms with van der Waals surface area (Å²) >= 11 is 0. The average Bonchev–Trinajstić information content (AvgIpc) is 2.87. The third-order valence-corrected chi connectivity index (χ3v) is 5.35. The molecule has 0 fully saturated rings. The molecule has 1 atom stereocenters. The summed E-state index contributed by atoms with van der Waals surface area (Å²) in [5.41, 5.74) is 1.76. The fraction of sp³-hybridized carbons (Fsp3) is 0.107. The quantitative estimate of drug-likeness (QED) is 0.306. The largest absolute Gasteiger partial charge is 0.457 e. The van der Waals surface area contributed by atoms with Crippen molar-refractivity contribution in [3.63, 3.8) is 0 Å². The highest BCUT2D eigenvalue weighted by molar-refractivity contribution is 6.01. The molecule has 4 rings (SSSR count). The lowest BCUT2D eigenvalue weighted by molar-refractivity contribution is -0.143. The highest BCUT2D eigenvalue weighted by atomic mass is 16.5. The maximum Gasteiger partial charge on any atom is 0.308 e.